The molecule has 1 aromatic carbocycles. The van der Waals surface area contributed by atoms with Gasteiger partial charge in [0.2, 0.25) is 15.9 Å². The van der Waals surface area contributed by atoms with Gasteiger partial charge in [-0.2, -0.15) is 13.2 Å². The molecular formula is C27H35F4N5O3S. The van der Waals surface area contributed by atoms with Crippen LogP contribution in [0.4, 0.5) is 29.1 Å². The van der Waals surface area contributed by atoms with E-state index >= 15 is 0 Å². The van der Waals surface area contributed by atoms with Crippen molar-refractivity contribution in [3.8, 4) is 0 Å². The summed E-state index contributed by atoms with van der Waals surface area (Å²) in [7, 11) is -3.67. The molecule has 40 heavy (non-hydrogen) atoms. The van der Waals surface area contributed by atoms with Crippen molar-refractivity contribution in [2.24, 2.45) is 0 Å². The lowest BCUT2D eigenvalue weighted by atomic mass is 9.99. The van der Waals surface area contributed by atoms with E-state index in [-0.39, 0.29) is 23.8 Å². The molecule has 2 aromatic rings. The van der Waals surface area contributed by atoms with E-state index in [4.69, 9.17) is 0 Å². The van der Waals surface area contributed by atoms with Gasteiger partial charge in [0.25, 0.3) is 0 Å². The molecule has 1 aromatic heterocycles. The van der Waals surface area contributed by atoms with E-state index < -0.39 is 39.5 Å². The first-order valence-electron chi connectivity index (χ1n) is 13.5. The first kappa shape index (κ1) is 30.0. The van der Waals surface area contributed by atoms with Gasteiger partial charge in [-0.1, -0.05) is 12.1 Å². The molecule has 2 saturated heterocycles. The molecule has 1 atom stereocenters. The van der Waals surface area contributed by atoms with Crippen molar-refractivity contribution in [1.29, 1.82) is 0 Å². The smallest absolute Gasteiger partial charge is 0.356 e. The summed E-state index contributed by atoms with van der Waals surface area (Å²) >= 11 is 0. The van der Waals surface area contributed by atoms with Crippen LogP contribution in [0.2, 0.25) is 0 Å². The minimum Gasteiger partial charge on any atom is -0.356 e. The Labute approximate surface area is 232 Å². The van der Waals surface area contributed by atoms with Gasteiger partial charge < -0.3 is 15.1 Å². The maximum atomic E-state index is 14.5. The summed E-state index contributed by atoms with van der Waals surface area (Å²) in [6, 6.07) is 6.47. The van der Waals surface area contributed by atoms with E-state index in [9.17, 15) is 30.8 Å². The van der Waals surface area contributed by atoms with Crippen molar-refractivity contribution in [2.45, 2.75) is 64.2 Å². The molecule has 0 bridgehead atoms. The predicted octanol–water partition coefficient (Wildman–Crippen LogP) is 4.49. The number of halogens is 4. The topological polar surface area (TPSA) is 94.6 Å². The van der Waals surface area contributed by atoms with Crippen LogP contribution in [0.15, 0.2) is 30.3 Å². The number of benzene rings is 1. The van der Waals surface area contributed by atoms with Crippen LogP contribution in [-0.2, 0) is 27.5 Å². The number of alkyl halides is 3. The van der Waals surface area contributed by atoms with Crippen LogP contribution in [0.25, 0.3) is 0 Å². The first-order valence-corrected chi connectivity index (χ1v) is 15.2. The number of sulfonamides is 1. The highest BCUT2D eigenvalue weighted by molar-refractivity contribution is 7.92. The van der Waals surface area contributed by atoms with Gasteiger partial charge in [0.15, 0.2) is 0 Å². The van der Waals surface area contributed by atoms with E-state index in [1.807, 2.05) is 4.90 Å². The lowest BCUT2D eigenvalue weighted by Gasteiger charge is -2.38. The number of anilines is 2. The molecule has 8 nitrogen and oxygen atoms in total. The number of carbonyl (C=O) groups is 1. The van der Waals surface area contributed by atoms with Crippen LogP contribution in [-0.4, -0.2) is 62.2 Å². The van der Waals surface area contributed by atoms with Gasteiger partial charge >= 0.3 is 6.18 Å². The van der Waals surface area contributed by atoms with Crippen molar-refractivity contribution in [3.05, 3.63) is 53.0 Å². The summed E-state index contributed by atoms with van der Waals surface area (Å²) < 4.78 is 80.6. The van der Waals surface area contributed by atoms with Crippen molar-refractivity contribution >= 4 is 27.4 Å². The molecule has 2 aliphatic rings. The zero-order chi connectivity index (χ0) is 29.1. The molecule has 220 valence electrons. The number of hydrogen-bond donors (Lipinski definition) is 2. The summed E-state index contributed by atoms with van der Waals surface area (Å²) in [5.41, 5.74) is -0.415. The fourth-order valence-electron chi connectivity index (χ4n) is 5.21. The number of nitrogens with zero attached hydrogens (tertiary/aromatic N) is 3. The normalized spacial score (nSPS) is 18.1. The fraction of sp³-hybridized carbons (Fsp3) is 0.556. The molecule has 0 radical (unpaired) electrons. The van der Waals surface area contributed by atoms with Crippen molar-refractivity contribution in [2.75, 3.05) is 41.6 Å². The molecule has 2 fully saturated rings. The molecular weight excluding hydrogens is 550 g/mol. The van der Waals surface area contributed by atoms with Crippen LogP contribution in [0.3, 0.4) is 0 Å². The molecule has 13 heteroatoms. The maximum Gasteiger partial charge on any atom is 0.433 e. The maximum absolute atomic E-state index is 14.5. The SMILES string of the molecule is CCS(=O)(=O)Nc1ccc(C(C)C(=O)NCc2ccc(C(F)(F)F)nc2N2CCC(N3CCCC3)CC2)cc1F. The highest BCUT2D eigenvalue weighted by atomic mass is 32.2. The van der Waals surface area contributed by atoms with E-state index in [0.717, 1.165) is 38.1 Å². The Bertz CT molecular complexity index is 1310. The van der Waals surface area contributed by atoms with Gasteiger partial charge in [-0.05, 0) is 76.4 Å². The molecule has 3 heterocycles. The number of aromatic nitrogens is 1. The number of amides is 1. The standard InChI is InChI=1S/C27H35F4N5O3S/c1-3-40(38,39)34-23-8-6-19(16-22(23)28)18(2)26(37)32-17-20-7-9-24(27(29,30)31)33-25(20)36-14-10-21(11-15-36)35-12-4-5-13-35/h6-9,16,18,21,34H,3-5,10-15,17H2,1-2H3,(H,32,37). The predicted molar refractivity (Wildman–Crippen MR) is 145 cm³/mol. The number of nitrogens with one attached hydrogen (secondary N) is 2. The van der Waals surface area contributed by atoms with Crippen molar-refractivity contribution in [3.63, 3.8) is 0 Å². The lowest BCUT2D eigenvalue weighted by molar-refractivity contribution is -0.141. The fourth-order valence-corrected chi connectivity index (χ4v) is 5.85. The van der Waals surface area contributed by atoms with E-state index in [2.05, 4.69) is 19.9 Å². The van der Waals surface area contributed by atoms with Gasteiger partial charge in [-0.25, -0.2) is 17.8 Å². The summed E-state index contributed by atoms with van der Waals surface area (Å²) in [4.78, 5) is 21.2. The average molecular weight is 586 g/mol. The Morgan fingerprint density at radius 3 is 2.38 bits per heavy atom. The van der Waals surface area contributed by atoms with Crippen LogP contribution in [0, 0.1) is 5.82 Å². The minimum absolute atomic E-state index is 0.0490. The monoisotopic (exact) mass is 585 g/mol. The third-order valence-corrected chi connectivity index (χ3v) is 8.94. The number of hydrogen-bond acceptors (Lipinski definition) is 6. The Hall–Kier alpha value is -2.93. The third-order valence-electron chi connectivity index (χ3n) is 7.65. The number of rotatable bonds is 9. The van der Waals surface area contributed by atoms with Crippen LogP contribution in [0.1, 0.15) is 62.3 Å². The van der Waals surface area contributed by atoms with Crippen molar-refractivity contribution < 1.29 is 30.8 Å². The van der Waals surface area contributed by atoms with Crippen molar-refractivity contribution in [1.82, 2.24) is 15.2 Å². The summed E-state index contributed by atoms with van der Waals surface area (Å²) in [5.74, 6) is -2.08. The summed E-state index contributed by atoms with van der Waals surface area (Å²) in [6.07, 6.45) is -0.591. The molecule has 0 saturated carbocycles. The van der Waals surface area contributed by atoms with Gasteiger partial charge in [-0.3, -0.25) is 9.52 Å². The average Bonchev–Trinajstić information content (AvgIpc) is 3.47. The second-order valence-electron chi connectivity index (χ2n) is 10.3. The van der Waals surface area contributed by atoms with E-state index in [1.54, 1.807) is 6.92 Å². The highest BCUT2D eigenvalue weighted by Gasteiger charge is 2.35. The second kappa shape index (κ2) is 12.3. The van der Waals surface area contributed by atoms with Crippen LogP contribution >= 0.6 is 0 Å². The van der Waals surface area contributed by atoms with E-state index in [1.165, 1.54) is 38.0 Å². The Morgan fingerprint density at radius 2 is 1.77 bits per heavy atom. The third kappa shape index (κ3) is 7.22. The number of carbonyl (C=O) groups excluding carboxylic acids is 1. The number of piperidine rings is 1. The minimum atomic E-state index is -4.60. The molecule has 4 rings (SSSR count). The number of pyridine rings is 1. The molecule has 0 spiro atoms. The van der Waals surface area contributed by atoms with Crippen LogP contribution in [0.5, 0.6) is 0 Å². The number of likely N-dealkylation sites (tertiary alicyclic amines) is 1. The van der Waals surface area contributed by atoms with E-state index in [0.29, 0.717) is 30.3 Å². The largest absolute Gasteiger partial charge is 0.433 e. The van der Waals surface area contributed by atoms with Crippen LogP contribution < -0.4 is 14.9 Å². The van der Waals surface area contributed by atoms with Gasteiger partial charge in [0, 0.05) is 31.2 Å². The van der Waals surface area contributed by atoms with Gasteiger partial charge in [-0.15, -0.1) is 0 Å². The molecule has 2 N–H and O–H groups in total. The zero-order valence-corrected chi connectivity index (χ0v) is 23.4. The summed E-state index contributed by atoms with van der Waals surface area (Å²) in [5, 5.41) is 2.74. The Kier molecular flexibility index (Phi) is 9.23. The van der Waals surface area contributed by atoms with Gasteiger partial charge in [0.05, 0.1) is 17.4 Å². The molecule has 1 unspecified atom stereocenters. The Morgan fingerprint density at radius 1 is 1.10 bits per heavy atom. The second-order valence-corrected chi connectivity index (χ2v) is 12.3. The molecule has 2 aliphatic heterocycles. The Balaban J connectivity index is 1.45. The molecule has 1 amide bonds. The molecule has 0 aliphatic carbocycles. The highest BCUT2D eigenvalue weighted by Crippen LogP contribution is 2.32. The first-order chi connectivity index (χ1) is 18.9. The quantitative estimate of drug-likeness (QED) is 0.422. The van der Waals surface area contributed by atoms with Gasteiger partial charge in [0.1, 0.15) is 17.3 Å². The summed E-state index contributed by atoms with van der Waals surface area (Å²) in [6.45, 7) is 6.20. The zero-order valence-electron chi connectivity index (χ0n) is 22.6. The lowest BCUT2D eigenvalue weighted by Crippen LogP contribution is -2.44.